The van der Waals surface area contributed by atoms with E-state index in [0.717, 1.165) is 37.2 Å². The van der Waals surface area contributed by atoms with Crippen molar-refractivity contribution in [3.8, 4) is 0 Å². The van der Waals surface area contributed by atoms with Crippen molar-refractivity contribution in [3.63, 3.8) is 0 Å². The number of hydrogen-bond acceptors (Lipinski definition) is 4. The van der Waals surface area contributed by atoms with Crippen LogP contribution in [-0.4, -0.2) is 28.2 Å². The molecule has 20 heavy (non-hydrogen) atoms. The van der Waals surface area contributed by atoms with Crippen LogP contribution in [0, 0.1) is 5.92 Å². The first-order chi connectivity index (χ1) is 9.59. The van der Waals surface area contributed by atoms with Crippen LogP contribution in [0.3, 0.4) is 0 Å². The lowest BCUT2D eigenvalue weighted by Crippen LogP contribution is -2.27. The van der Waals surface area contributed by atoms with Crippen molar-refractivity contribution in [3.05, 3.63) is 35.4 Å². The number of rotatable bonds is 7. The van der Waals surface area contributed by atoms with Crippen molar-refractivity contribution in [1.82, 2.24) is 4.72 Å². The number of nitrogens with one attached hydrogen (secondary N) is 1. The van der Waals surface area contributed by atoms with Crippen molar-refractivity contribution in [2.75, 3.05) is 19.8 Å². The lowest BCUT2D eigenvalue weighted by Gasteiger charge is -2.10. The van der Waals surface area contributed by atoms with Crippen LogP contribution in [0.4, 0.5) is 0 Å². The summed E-state index contributed by atoms with van der Waals surface area (Å²) in [6.07, 6.45) is 1.87. The van der Waals surface area contributed by atoms with E-state index in [1.54, 1.807) is 0 Å². The number of benzene rings is 1. The Morgan fingerprint density at radius 3 is 2.55 bits per heavy atom. The Bertz CT molecular complexity index is 508. The largest absolute Gasteiger partial charge is 0.381 e. The maximum atomic E-state index is 12.0. The molecule has 1 fully saturated rings. The summed E-state index contributed by atoms with van der Waals surface area (Å²) in [6, 6.07) is 7.35. The van der Waals surface area contributed by atoms with Gasteiger partial charge in [-0.25, -0.2) is 13.1 Å². The molecule has 1 aromatic carbocycles. The molecule has 1 unspecified atom stereocenters. The van der Waals surface area contributed by atoms with Gasteiger partial charge < -0.3 is 10.5 Å². The standard InChI is InChI=1S/C14H22N2O3S/c15-9-12-1-3-14(4-2-12)11-20(17,18)16-7-5-13-6-8-19-10-13/h1-4,13,16H,5-11,15H2. The van der Waals surface area contributed by atoms with Gasteiger partial charge in [-0.2, -0.15) is 0 Å². The van der Waals surface area contributed by atoms with Gasteiger partial charge in [0.2, 0.25) is 10.0 Å². The highest BCUT2D eigenvalue weighted by Crippen LogP contribution is 2.15. The zero-order valence-corrected chi connectivity index (χ0v) is 12.4. The van der Waals surface area contributed by atoms with Gasteiger partial charge >= 0.3 is 0 Å². The summed E-state index contributed by atoms with van der Waals surface area (Å²) in [5, 5.41) is 0. The highest BCUT2D eigenvalue weighted by molar-refractivity contribution is 7.88. The van der Waals surface area contributed by atoms with Crippen LogP contribution in [0.15, 0.2) is 24.3 Å². The third kappa shape index (κ3) is 4.86. The van der Waals surface area contributed by atoms with Crippen LogP contribution < -0.4 is 10.5 Å². The summed E-state index contributed by atoms with van der Waals surface area (Å²) in [5.41, 5.74) is 7.29. The van der Waals surface area contributed by atoms with E-state index in [0.29, 0.717) is 19.0 Å². The molecule has 1 saturated heterocycles. The van der Waals surface area contributed by atoms with E-state index in [-0.39, 0.29) is 5.75 Å². The average Bonchev–Trinajstić information content (AvgIpc) is 2.92. The molecular weight excluding hydrogens is 276 g/mol. The van der Waals surface area contributed by atoms with E-state index in [1.807, 2.05) is 24.3 Å². The SMILES string of the molecule is NCc1ccc(CS(=O)(=O)NCCC2CCOC2)cc1. The van der Waals surface area contributed by atoms with Gasteiger partial charge in [0.25, 0.3) is 0 Å². The second-order valence-corrected chi connectivity index (χ2v) is 7.00. The first-order valence-electron chi connectivity index (χ1n) is 6.92. The molecule has 0 aromatic heterocycles. The zero-order valence-electron chi connectivity index (χ0n) is 11.5. The van der Waals surface area contributed by atoms with Crippen LogP contribution >= 0.6 is 0 Å². The molecule has 0 amide bonds. The van der Waals surface area contributed by atoms with Gasteiger partial charge in [-0.1, -0.05) is 24.3 Å². The molecule has 6 heteroatoms. The zero-order chi connectivity index (χ0) is 14.4. The predicted molar refractivity (Wildman–Crippen MR) is 78.5 cm³/mol. The fourth-order valence-electron chi connectivity index (χ4n) is 2.27. The van der Waals surface area contributed by atoms with Crippen molar-refractivity contribution in [2.24, 2.45) is 11.7 Å². The third-order valence-electron chi connectivity index (χ3n) is 3.51. The Hall–Kier alpha value is -0.950. The number of hydrogen-bond donors (Lipinski definition) is 2. The fraction of sp³-hybridized carbons (Fsp3) is 0.571. The predicted octanol–water partition coefficient (Wildman–Crippen LogP) is 0.991. The highest BCUT2D eigenvalue weighted by atomic mass is 32.2. The summed E-state index contributed by atoms with van der Waals surface area (Å²) < 4.78 is 31.8. The summed E-state index contributed by atoms with van der Waals surface area (Å²) in [4.78, 5) is 0. The van der Waals surface area contributed by atoms with Gasteiger partial charge in [0.1, 0.15) is 0 Å². The molecule has 0 bridgehead atoms. The smallest absolute Gasteiger partial charge is 0.215 e. The Kier molecular flexibility index (Phi) is 5.54. The lowest BCUT2D eigenvalue weighted by molar-refractivity contribution is 0.184. The second-order valence-electron chi connectivity index (χ2n) is 5.19. The quantitative estimate of drug-likeness (QED) is 0.786. The Labute approximate surface area is 120 Å². The van der Waals surface area contributed by atoms with Gasteiger partial charge in [-0.3, -0.25) is 0 Å². The molecule has 0 saturated carbocycles. The summed E-state index contributed by atoms with van der Waals surface area (Å²) in [7, 11) is -3.27. The monoisotopic (exact) mass is 298 g/mol. The van der Waals surface area contributed by atoms with E-state index in [9.17, 15) is 8.42 Å². The van der Waals surface area contributed by atoms with E-state index in [1.165, 1.54) is 0 Å². The maximum absolute atomic E-state index is 12.0. The van der Waals surface area contributed by atoms with Gasteiger partial charge in [-0.05, 0) is 29.9 Å². The molecule has 112 valence electrons. The Morgan fingerprint density at radius 2 is 1.95 bits per heavy atom. The molecule has 1 aliphatic heterocycles. The van der Waals surface area contributed by atoms with Crippen LogP contribution in [-0.2, 0) is 27.1 Å². The Morgan fingerprint density at radius 1 is 1.25 bits per heavy atom. The molecule has 3 N–H and O–H groups in total. The molecule has 0 aliphatic carbocycles. The van der Waals surface area contributed by atoms with Crippen LogP contribution in [0.1, 0.15) is 24.0 Å². The highest BCUT2D eigenvalue weighted by Gasteiger charge is 2.17. The minimum Gasteiger partial charge on any atom is -0.381 e. The number of sulfonamides is 1. The van der Waals surface area contributed by atoms with Gasteiger partial charge in [0.15, 0.2) is 0 Å². The van der Waals surface area contributed by atoms with Crippen LogP contribution in [0.25, 0.3) is 0 Å². The molecule has 5 nitrogen and oxygen atoms in total. The number of ether oxygens (including phenoxy) is 1. The summed E-state index contributed by atoms with van der Waals surface area (Å²) >= 11 is 0. The molecule has 1 atom stereocenters. The second kappa shape index (κ2) is 7.17. The van der Waals surface area contributed by atoms with E-state index in [4.69, 9.17) is 10.5 Å². The molecule has 2 rings (SSSR count). The molecule has 1 aromatic rings. The average molecular weight is 298 g/mol. The van der Waals surface area contributed by atoms with Crippen LogP contribution in [0.5, 0.6) is 0 Å². The molecule has 1 aliphatic rings. The van der Waals surface area contributed by atoms with Gasteiger partial charge in [-0.15, -0.1) is 0 Å². The van der Waals surface area contributed by atoms with Crippen LogP contribution in [0.2, 0.25) is 0 Å². The van der Waals surface area contributed by atoms with Crippen molar-refractivity contribution >= 4 is 10.0 Å². The third-order valence-corrected chi connectivity index (χ3v) is 4.87. The van der Waals surface area contributed by atoms with Crippen molar-refractivity contribution in [2.45, 2.75) is 25.1 Å². The van der Waals surface area contributed by atoms with Crippen molar-refractivity contribution in [1.29, 1.82) is 0 Å². The normalized spacial score (nSPS) is 19.4. The molecule has 0 radical (unpaired) electrons. The minimum absolute atomic E-state index is 0.0129. The first-order valence-corrected chi connectivity index (χ1v) is 8.57. The number of nitrogens with two attached hydrogens (primary N) is 1. The molecule has 0 spiro atoms. The van der Waals surface area contributed by atoms with Crippen molar-refractivity contribution < 1.29 is 13.2 Å². The summed E-state index contributed by atoms with van der Waals surface area (Å²) in [6.45, 7) is 2.50. The van der Waals surface area contributed by atoms with E-state index < -0.39 is 10.0 Å². The van der Waals surface area contributed by atoms with E-state index in [2.05, 4.69) is 4.72 Å². The maximum Gasteiger partial charge on any atom is 0.215 e. The molecule has 1 heterocycles. The van der Waals surface area contributed by atoms with Gasteiger partial charge in [0.05, 0.1) is 5.75 Å². The Balaban J connectivity index is 1.79. The topological polar surface area (TPSA) is 81.4 Å². The lowest BCUT2D eigenvalue weighted by atomic mass is 10.1. The minimum atomic E-state index is -3.27. The fourth-order valence-corrected chi connectivity index (χ4v) is 3.43. The van der Waals surface area contributed by atoms with Gasteiger partial charge in [0, 0.05) is 26.3 Å². The first kappa shape index (κ1) is 15.4. The molecular formula is C14H22N2O3S. The van der Waals surface area contributed by atoms with E-state index >= 15 is 0 Å². The summed E-state index contributed by atoms with van der Waals surface area (Å²) in [5.74, 6) is 0.500.